The van der Waals surface area contributed by atoms with Crippen LogP contribution in [0.25, 0.3) is 72.0 Å². The predicted octanol–water partition coefficient (Wildman–Crippen LogP) is 16.8. The van der Waals surface area contributed by atoms with E-state index in [1.54, 1.807) is 0 Å². The monoisotopic (exact) mass is 839 g/mol. The Morgan fingerprint density at radius 3 is 1.55 bits per heavy atom. The third-order valence-electron chi connectivity index (χ3n) is 14.5. The molecule has 1 spiro atoms. The van der Waals surface area contributed by atoms with Crippen molar-refractivity contribution < 1.29 is 0 Å². The average Bonchev–Trinajstić information content (AvgIpc) is 3.86. The molecule has 0 heterocycles. The number of rotatable bonds is 7. The summed E-state index contributed by atoms with van der Waals surface area (Å²) in [5.41, 5.74) is 22.7. The van der Waals surface area contributed by atoms with Gasteiger partial charge in [-0.3, -0.25) is 0 Å². The molecule has 0 saturated heterocycles. The van der Waals surface area contributed by atoms with Crippen molar-refractivity contribution in [2.45, 2.75) is 17.9 Å². The van der Waals surface area contributed by atoms with Gasteiger partial charge in [-0.25, -0.2) is 0 Å². The van der Waals surface area contributed by atoms with Gasteiger partial charge in [0.15, 0.2) is 0 Å². The minimum absolute atomic E-state index is 0.0258. The van der Waals surface area contributed by atoms with E-state index in [0.29, 0.717) is 0 Å². The lowest BCUT2D eigenvalue weighted by molar-refractivity contribution is 0.663. The molecule has 0 saturated carbocycles. The zero-order chi connectivity index (χ0) is 43.6. The van der Waals surface area contributed by atoms with Gasteiger partial charge in [-0.05, 0) is 130 Å². The normalized spacial score (nSPS) is 15.1. The van der Waals surface area contributed by atoms with E-state index in [0.717, 1.165) is 17.8 Å². The molecule has 310 valence electrons. The molecular weight excluding hydrogens is 795 g/mol. The van der Waals surface area contributed by atoms with Crippen molar-refractivity contribution in [2.75, 3.05) is 4.90 Å². The molecular formula is C65H45N. The molecule has 1 unspecified atom stereocenters. The molecule has 13 rings (SSSR count). The SMILES string of the molecule is C1=CC(N(c2ccc(-c3cccc4ccccc34)cc2)c2ccc(-c3ccc(-c4ccccc4)cc3)c(-c3ccccc3)c2)CC2=C1c1ccccc1C21c2ccccc2-c2ccccc21. The lowest BCUT2D eigenvalue weighted by Crippen LogP contribution is -2.35. The highest BCUT2D eigenvalue weighted by Crippen LogP contribution is 2.64. The molecule has 1 heteroatoms. The lowest BCUT2D eigenvalue weighted by Gasteiger charge is -2.39. The number of fused-ring (bicyclic) bond motifs is 10. The Labute approximate surface area is 386 Å². The Bertz CT molecular complexity index is 3490. The zero-order valence-electron chi connectivity index (χ0n) is 36.5. The minimum atomic E-state index is -0.378. The molecule has 1 atom stereocenters. The summed E-state index contributed by atoms with van der Waals surface area (Å²) >= 11 is 0. The van der Waals surface area contributed by atoms with E-state index in [-0.39, 0.29) is 11.5 Å². The second-order valence-corrected chi connectivity index (χ2v) is 17.9. The van der Waals surface area contributed by atoms with Crippen molar-refractivity contribution in [2.24, 2.45) is 0 Å². The molecule has 3 aliphatic rings. The smallest absolute Gasteiger partial charge is 0.0689 e. The zero-order valence-corrected chi connectivity index (χ0v) is 36.5. The van der Waals surface area contributed by atoms with E-state index < -0.39 is 0 Å². The molecule has 10 aromatic carbocycles. The van der Waals surface area contributed by atoms with Gasteiger partial charge in [0.1, 0.15) is 0 Å². The lowest BCUT2D eigenvalue weighted by atomic mass is 9.67. The topological polar surface area (TPSA) is 3.24 Å². The van der Waals surface area contributed by atoms with Crippen LogP contribution < -0.4 is 4.90 Å². The molecule has 10 aromatic rings. The van der Waals surface area contributed by atoms with Crippen LogP contribution in [0.4, 0.5) is 11.4 Å². The van der Waals surface area contributed by atoms with Crippen LogP contribution in [-0.4, -0.2) is 6.04 Å². The summed E-state index contributed by atoms with van der Waals surface area (Å²) in [5.74, 6) is 0. The predicted molar refractivity (Wildman–Crippen MR) is 277 cm³/mol. The first kappa shape index (κ1) is 38.2. The third kappa shape index (κ3) is 5.94. The summed E-state index contributed by atoms with van der Waals surface area (Å²) in [7, 11) is 0. The van der Waals surface area contributed by atoms with Crippen LogP contribution in [-0.2, 0) is 5.41 Å². The standard InChI is InChI=1S/C65H45N/c1-3-16-44(17-4-1)45-30-32-48(33-31-45)55-40-38-51(42-60(55)47-18-5-2-6-19-47)66(50-36-34-49(35-37-50)54-26-15-21-46-20-7-8-22-53(46)54)52-39-41-59-58-25-11-14-29-63(58)65(64(59)43-52)61-27-12-9-23-56(61)57-24-10-13-28-62(57)65/h1-42,52H,43H2. The van der Waals surface area contributed by atoms with Crippen molar-refractivity contribution in [3.05, 3.63) is 283 Å². The number of hydrogen-bond donors (Lipinski definition) is 0. The third-order valence-corrected chi connectivity index (χ3v) is 14.5. The van der Waals surface area contributed by atoms with Crippen molar-refractivity contribution >= 4 is 27.7 Å². The number of allylic oxidation sites excluding steroid dienone is 2. The van der Waals surface area contributed by atoms with E-state index in [1.165, 1.54) is 99.8 Å². The summed E-state index contributed by atoms with van der Waals surface area (Å²) < 4.78 is 0. The van der Waals surface area contributed by atoms with E-state index in [2.05, 4.69) is 260 Å². The van der Waals surface area contributed by atoms with E-state index in [4.69, 9.17) is 0 Å². The van der Waals surface area contributed by atoms with Crippen LogP contribution in [0.1, 0.15) is 28.7 Å². The number of nitrogens with zero attached hydrogens (tertiary/aromatic N) is 1. The fourth-order valence-electron chi connectivity index (χ4n) is 11.6. The van der Waals surface area contributed by atoms with Gasteiger partial charge >= 0.3 is 0 Å². The van der Waals surface area contributed by atoms with Gasteiger partial charge in [0, 0.05) is 11.4 Å². The fourth-order valence-corrected chi connectivity index (χ4v) is 11.6. The van der Waals surface area contributed by atoms with E-state index >= 15 is 0 Å². The molecule has 1 nitrogen and oxygen atoms in total. The quantitative estimate of drug-likeness (QED) is 0.155. The molecule has 0 aliphatic heterocycles. The fraction of sp³-hybridized carbons (Fsp3) is 0.0462. The highest BCUT2D eigenvalue weighted by molar-refractivity contribution is 5.99. The van der Waals surface area contributed by atoms with Crippen LogP contribution in [0, 0.1) is 0 Å². The minimum Gasteiger partial charge on any atom is -0.334 e. The van der Waals surface area contributed by atoms with Crippen molar-refractivity contribution in [1.29, 1.82) is 0 Å². The molecule has 0 radical (unpaired) electrons. The van der Waals surface area contributed by atoms with Crippen LogP contribution in [0.5, 0.6) is 0 Å². The molecule has 3 aliphatic carbocycles. The Balaban J connectivity index is 0.977. The second kappa shape index (κ2) is 15.5. The Kier molecular flexibility index (Phi) is 8.96. The van der Waals surface area contributed by atoms with Crippen molar-refractivity contribution in [3.8, 4) is 55.6 Å². The number of anilines is 2. The molecule has 0 aromatic heterocycles. The average molecular weight is 840 g/mol. The molecule has 0 fully saturated rings. The second-order valence-electron chi connectivity index (χ2n) is 17.9. The van der Waals surface area contributed by atoms with Crippen LogP contribution in [0.15, 0.2) is 260 Å². The largest absolute Gasteiger partial charge is 0.334 e. The van der Waals surface area contributed by atoms with Crippen LogP contribution in [0.2, 0.25) is 0 Å². The van der Waals surface area contributed by atoms with Crippen molar-refractivity contribution in [3.63, 3.8) is 0 Å². The summed E-state index contributed by atoms with van der Waals surface area (Å²) in [5, 5.41) is 2.52. The molecule has 0 amide bonds. The maximum absolute atomic E-state index is 2.60. The van der Waals surface area contributed by atoms with Crippen molar-refractivity contribution in [1.82, 2.24) is 0 Å². The molecule has 0 bridgehead atoms. The van der Waals surface area contributed by atoms with Gasteiger partial charge in [-0.2, -0.15) is 0 Å². The summed E-state index contributed by atoms with van der Waals surface area (Å²) in [6.07, 6.45) is 5.77. The van der Waals surface area contributed by atoms with Crippen LogP contribution >= 0.6 is 0 Å². The maximum atomic E-state index is 2.60. The summed E-state index contributed by atoms with van der Waals surface area (Å²) in [6, 6.07) is 89.9. The summed E-state index contributed by atoms with van der Waals surface area (Å²) in [4.78, 5) is 2.60. The number of hydrogen-bond acceptors (Lipinski definition) is 1. The first-order valence-electron chi connectivity index (χ1n) is 23.2. The number of benzene rings is 10. The molecule has 0 N–H and O–H groups in total. The van der Waals surface area contributed by atoms with Gasteiger partial charge < -0.3 is 4.90 Å². The van der Waals surface area contributed by atoms with E-state index in [1.807, 2.05) is 0 Å². The summed E-state index contributed by atoms with van der Waals surface area (Å²) in [6.45, 7) is 0. The van der Waals surface area contributed by atoms with Gasteiger partial charge in [0.25, 0.3) is 0 Å². The Morgan fingerprint density at radius 2 is 0.833 bits per heavy atom. The van der Waals surface area contributed by atoms with Gasteiger partial charge in [0.2, 0.25) is 0 Å². The highest BCUT2D eigenvalue weighted by Gasteiger charge is 2.53. The molecule has 66 heavy (non-hydrogen) atoms. The van der Waals surface area contributed by atoms with Gasteiger partial charge in [-0.1, -0.05) is 231 Å². The van der Waals surface area contributed by atoms with E-state index in [9.17, 15) is 0 Å². The Morgan fingerprint density at radius 1 is 0.348 bits per heavy atom. The van der Waals surface area contributed by atoms with Crippen LogP contribution in [0.3, 0.4) is 0 Å². The van der Waals surface area contributed by atoms with Gasteiger partial charge in [-0.15, -0.1) is 0 Å². The Hall–Kier alpha value is -8.26. The van der Waals surface area contributed by atoms with Gasteiger partial charge in [0.05, 0.1) is 11.5 Å². The maximum Gasteiger partial charge on any atom is 0.0689 e. The first-order valence-corrected chi connectivity index (χ1v) is 23.2. The first-order chi connectivity index (χ1) is 32.7. The highest BCUT2D eigenvalue weighted by atomic mass is 15.2.